The van der Waals surface area contributed by atoms with E-state index < -0.39 is 0 Å². The normalized spacial score (nSPS) is 12.4. The third-order valence-corrected chi connectivity index (χ3v) is 2.95. The highest BCUT2D eigenvalue weighted by Crippen LogP contribution is 2.18. The van der Waals surface area contributed by atoms with Crippen LogP contribution in [0.1, 0.15) is 30.0 Å². The fourth-order valence-electron chi connectivity index (χ4n) is 1.85. The van der Waals surface area contributed by atoms with Crippen molar-refractivity contribution in [3.05, 3.63) is 47.5 Å². The summed E-state index contributed by atoms with van der Waals surface area (Å²) in [7, 11) is 1.69. The van der Waals surface area contributed by atoms with E-state index in [1.165, 1.54) is 5.56 Å². The Kier molecular flexibility index (Phi) is 3.99. The molecule has 1 heterocycles. The number of H-pyrrole nitrogens is 1. The highest BCUT2D eigenvalue weighted by atomic mass is 16.5. The summed E-state index contributed by atoms with van der Waals surface area (Å²) < 4.78 is 5.23. The van der Waals surface area contributed by atoms with E-state index in [1.54, 1.807) is 7.11 Å². The SMILES string of the molecule is COc1cccc(C(C)NCc2cnc(C)[nH]2)c1. The van der Waals surface area contributed by atoms with Crippen LogP contribution in [0.3, 0.4) is 0 Å². The van der Waals surface area contributed by atoms with E-state index in [-0.39, 0.29) is 6.04 Å². The fraction of sp³-hybridized carbons (Fsp3) is 0.357. The smallest absolute Gasteiger partial charge is 0.119 e. The van der Waals surface area contributed by atoms with E-state index in [2.05, 4.69) is 34.3 Å². The topological polar surface area (TPSA) is 49.9 Å². The van der Waals surface area contributed by atoms with Gasteiger partial charge < -0.3 is 15.0 Å². The Morgan fingerprint density at radius 1 is 1.44 bits per heavy atom. The molecule has 0 aliphatic carbocycles. The van der Waals surface area contributed by atoms with E-state index >= 15 is 0 Å². The van der Waals surface area contributed by atoms with Crippen molar-refractivity contribution in [2.24, 2.45) is 0 Å². The van der Waals surface area contributed by atoms with Gasteiger partial charge in [0.2, 0.25) is 0 Å². The quantitative estimate of drug-likeness (QED) is 0.851. The van der Waals surface area contributed by atoms with Gasteiger partial charge in [0.25, 0.3) is 0 Å². The molecule has 2 aromatic rings. The summed E-state index contributed by atoms with van der Waals surface area (Å²) in [6.45, 7) is 4.87. The monoisotopic (exact) mass is 245 g/mol. The van der Waals surface area contributed by atoms with Crippen LogP contribution in [0.25, 0.3) is 0 Å². The molecule has 1 unspecified atom stereocenters. The number of aromatic nitrogens is 2. The van der Waals surface area contributed by atoms with E-state index in [1.807, 2.05) is 25.3 Å². The first-order chi connectivity index (χ1) is 8.69. The molecule has 0 amide bonds. The Balaban J connectivity index is 1.96. The highest BCUT2D eigenvalue weighted by molar-refractivity contribution is 5.30. The summed E-state index contributed by atoms with van der Waals surface area (Å²) >= 11 is 0. The van der Waals surface area contributed by atoms with Gasteiger partial charge in [-0.15, -0.1) is 0 Å². The molecular weight excluding hydrogens is 226 g/mol. The predicted molar refractivity (Wildman–Crippen MR) is 71.6 cm³/mol. The predicted octanol–water partition coefficient (Wildman–Crippen LogP) is 2.58. The molecule has 4 heteroatoms. The van der Waals surface area contributed by atoms with Crippen molar-refractivity contribution in [1.29, 1.82) is 0 Å². The first-order valence-corrected chi connectivity index (χ1v) is 6.07. The maximum absolute atomic E-state index is 5.23. The standard InChI is InChI=1S/C14H19N3O/c1-10(12-5-4-6-14(7-12)18-3)15-8-13-9-16-11(2)17-13/h4-7,9-10,15H,8H2,1-3H3,(H,16,17). The van der Waals surface area contributed by atoms with Crippen LogP contribution >= 0.6 is 0 Å². The number of methoxy groups -OCH3 is 1. The van der Waals surface area contributed by atoms with Gasteiger partial charge in [0.05, 0.1) is 7.11 Å². The van der Waals surface area contributed by atoms with E-state index in [4.69, 9.17) is 4.74 Å². The molecule has 1 aromatic heterocycles. The maximum Gasteiger partial charge on any atom is 0.119 e. The van der Waals surface area contributed by atoms with Gasteiger partial charge >= 0.3 is 0 Å². The van der Waals surface area contributed by atoms with Crippen LogP contribution in [0.4, 0.5) is 0 Å². The van der Waals surface area contributed by atoms with Crippen LogP contribution in [0, 0.1) is 6.92 Å². The molecule has 0 fully saturated rings. The van der Waals surface area contributed by atoms with Crippen molar-refractivity contribution in [3.63, 3.8) is 0 Å². The second-order valence-corrected chi connectivity index (χ2v) is 4.37. The number of aromatic amines is 1. The van der Waals surface area contributed by atoms with Crippen LogP contribution in [-0.2, 0) is 6.54 Å². The third kappa shape index (κ3) is 3.11. The molecule has 0 aliphatic rings. The summed E-state index contributed by atoms with van der Waals surface area (Å²) in [5.41, 5.74) is 2.31. The molecule has 2 N–H and O–H groups in total. The Labute approximate surface area is 107 Å². The largest absolute Gasteiger partial charge is 0.497 e. The Hall–Kier alpha value is -1.81. The lowest BCUT2D eigenvalue weighted by molar-refractivity contribution is 0.413. The Bertz CT molecular complexity index is 507. The van der Waals surface area contributed by atoms with Crippen molar-refractivity contribution in [2.75, 3.05) is 7.11 Å². The van der Waals surface area contributed by atoms with E-state index in [0.717, 1.165) is 23.8 Å². The number of aryl methyl sites for hydroxylation is 1. The van der Waals surface area contributed by atoms with Gasteiger partial charge in [0.1, 0.15) is 11.6 Å². The number of ether oxygens (including phenoxy) is 1. The highest BCUT2D eigenvalue weighted by Gasteiger charge is 2.06. The van der Waals surface area contributed by atoms with Crippen molar-refractivity contribution in [1.82, 2.24) is 15.3 Å². The molecule has 1 atom stereocenters. The summed E-state index contributed by atoms with van der Waals surface area (Å²) in [6.07, 6.45) is 1.86. The fourth-order valence-corrected chi connectivity index (χ4v) is 1.85. The lowest BCUT2D eigenvalue weighted by Crippen LogP contribution is -2.18. The summed E-state index contributed by atoms with van der Waals surface area (Å²) in [5.74, 6) is 1.83. The molecule has 1 aromatic carbocycles. The zero-order valence-electron chi connectivity index (χ0n) is 11.0. The van der Waals surface area contributed by atoms with Crippen molar-refractivity contribution < 1.29 is 4.74 Å². The molecule has 0 bridgehead atoms. The number of nitrogens with one attached hydrogen (secondary N) is 2. The van der Waals surface area contributed by atoms with Gasteiger partial charge in [-0.3, -0.25) is 0 Å². The molecule has 0 saturated heterocycles. The lowest BCUT2D eigenvalue weighted by atomic mass is 10.1. The first-order valence-electron chi connectivity index (χ1n) is 6.07. The van der Waals surface area contributed by atoms with Gasteiger partial charge in [-0.2, -0.15) is 0 Å². The molecular formula is C14H19N3O. The Morgan fingerprint density at radius 3 is 2.94 bits per heavy atom. The molecule has 2 rings (SSSR count). The minimum Gasteiger partial charge on any atom is -0.497 e. The first kappa shape index (κ1) is 12.6. The number of imidazole rings is 1. The van der Waals surface area contributed by atoms with Crippen LogP contribution in [0.15, 0.2) is 30.5 Å². The number of nitrogens with zero attached hydrogens (tertiary/aromatic N) is 1. The van der Waals surface area contributed by atoms with Crippen LogP contribution in [0.5, 0.6) is 5.75 Å². The maximum atomic E-state index is 5.23. The number of hydrogen-bond acceptors (Lipinski definition) is 3. The van der Waals surface area contributed by atoms with E-state index in [0.29, 0.717) is 0 Å². The summed E-state index contributed by atoms with van der Waals surface area (Å²) in [6, 6.07) is 8.37. The zero-order valence-corrected chi connectivity index (χ0v) is 11.0. The second kappa shape index (κ2) is 5.69. The van der Waals surface area contributed by atoms with Crippen molar-refractivity contribution >= 4 is 0 Å². The lowest BCUT2D eigenvalue weighted by Gasteiger charge is -2.14. The third-order valence-electron chi connectivity index (χ3n) is 2.95. The van der Waals surface area contributed by atoms with Crippen molar-refractivity contribution in [2.45, 2.75) is 26.4 Å². The van der Waals surface area contributed by atoms with Crippen LogP contribution < -0.4 is 10.1 Å². The molecule has 96 valence electrons. The minimum absolute atomic E-state index is 0.267. The molecule has 0 saturated carbocycles. The summed E-state index contributed by atoms with van der Waals surface area (Å²) in [4.78, 5) is 7.39. The number of hydrogen-bond donors (Lipinski definition) is 2. The van der Waals surface area contributed by atoms with Crippen molar-refractivity contribution in [3.8, 4) is 5.75 Å². The zero-order chi connectivity index (χ0) is 13.0. The molecule has 0 aliphatic heterocycles. The van der Waals surface area contributed by atoms with Gasteiger partial charge in [0, 0.05) is 24.5 Å². The molecule has 0 radical (unpaired) electrons. The molecule has 0 spiro atoms. The van der Waals surface area contributed by atoms with Gasteiger partial charge in [0.15, 0.2) is 0 Å². The summed E-state index contributed by atoms with van der Waals surface area (Å²) in [5, 5.41) is 3.45. The van der Waals surface area contributed by atoms with Gasteiger partial charge in [-0.1, -0.05) is 12.1 Å². The second-order valence-electron chi connectivity index (χ2n) is 4.37. The molecule has 18 heavy (non-hydrogen) atoms. The van der Waals surface area contributed by atoms with Gasteiger partial charge in [-0.05, 0) is 31.5 Å². The number of benzene rings is 1. The van der Waals surface area contributed by atoms with Crippen LogP contribution in [-0.4, -0.2) is 17.1 Å². The average molecular weight is 245 g/mol. The Morgan fingerprint density at radius 2 is 2.28 bits per heavy atom. The minimum atomic E-state index is 0.267. The van der Waals surface area contributed by atoms with Gasteiger partial charge in [-0.25, -0.2) is 4.98 Å². The van der Waals surface area contributed by atoms with E-state index in [9.17, 15) is 0 Å². The number of rotatable bonds is 5. The molecule has 4 nitrogen and oxygen atoms in total. The average Bonchev–Trinajstić information content (AvgIpc) is 2.82. The van der Waals surface area contributed by atoms with Crippen LogP contribution in [0.2, 0.25) is 0 Å².